The molecule has 0 rings (SSSR count). The SMILES string of the molecule is O=S(=O)(O)O.OC[C@@H](O)[C@@H](O)[C@H](O)[C@@H](O)CO.[H-].[Na+]. The molecule has 0 bridgehead atoms. The molecule has 0 aliphatic carbocycles. The van der Waals surface area contributed by atoms with E-state index in [1.807, 2.05) is 0 Å². The molecule has 0 aliphatic heterocycles. The number of rotatable bonds is 5. The van der Waals surface area contributed by atoms with E-state index >= 15 is 0 Å². The van der Waals surface area contributed by atoms with Crippen molar-refractivity contribution in [3.05, 3.63) is 0 Å². The molecule has 4 atom stereocenters. The van der Waals surface area contributed by atoms with Gasteiger partial charge in [0.05, 0.1) is 13.2 Å². The second-order valence-electron chi connectivity index (χ2n) is 2.93. The smallest absolute Gasteiger partial charge is 1.00 e. The molecule has 12 heteroatoms. The Balaban J connectivity index is -0.000000139. The van der Waals surface area contributed by atoms with Crippen LogP contribution in [-0.4, -0.2) is 85.8 Å². The zero-order chi connectivity index (χ0) is 14.2. The summed E-state index contributed by atoms with van der Waals surface area (Å²) in [4.78, 5) is 0. The van der Waals surface area contributed by atoms with Gasteiger partial charge in [0.15, 0.2) is 0 Å². The first-order chi connectivity index (χ1) is 7.54. The first kappa shape index (κ1) is 23.7. The van der Waals surface area contributed by atoms with Gasteiger partial charge in [-0.05, 0) is 0 Å². The summed E-state index contributed by atoms with van der Waals surface area (Å²) in [6.45, 7) is -1.45. The van der Waals surface area contributed by atoms with Gasteiger partial charge in [-0.1, -0.05) is 0 Å². The standard InChI is InChI=1S/C6H14O6.Na.H2O4S.H/c7-1-3(9)5(11)6(12)4(10)2-8;;1-5(2,3)4;/h3-12H,1-2H2;;(H2,1,2,3,4);/q;+1;;-1/t3-,4+,5-,6-;;;/m1.../s1. The van der Waals surface area contributed by atoms with Gasteiger partial charge in [-0.25, -0.2) is 0 Å². The Hall–Kier alpha value is 0.630. The van der Waals surface area contributed by atoms with Crippen LogP contribution in [0.2, 0.25) is 0 Å². The number of aliphatic hydroxyl groups excluding tert-OH is 6. The maximum atomic E-state index is 8.96. The number of hydrogen-bond donors (Lipinski definition) is 8. The monoisotopic (exact) mass is 304 g/mol. The molecule has 8 N–H and O–H groups in total. The minimum atomic E-state index is -4.67. The van der Waals surface area contributed by atoms with Gasteiger partial charge in [0.25, 0.3) is 0 Å². The molecule has 0 saturated heterocycles. The van der Waals surface area contributed by atoms with Crippen molar-refractivity contribution in [2.75, 3.05) is 13.2 Å². The summed E-state index contributed by atoms with van der Waals surface area (Å²) in [5, 5.41) is 52.2. The summed E-state index contributed by atoms with van der Waals surface area (Å²) in [5.74, 6) is 0. The van der Waals surface area contributed by atoms with E-state index in [4.69, 9.17) is 48.2 Å². The molecular weight excluding hydrogens is 287 g/mol. The number of hydrogen-bond acceptors (Lipinski definition) is 8. The Morgan fingerprint density at radius 1 is 0.833 bits per heavy atom. The predicted octanol–water partition coefficient (Wildman–Crippen LogP) is -7.12. The number of aliphatic hydroxyl groups is 6. The Bertz CT molecular complexity index is 266. The van der Waals surface area contributed by atoms with Crippen molar-refractivity contribution in [1.82, 2.24) is 0 Å². The van der Waals surface area contributed by atoms with Gasteiger partial charge in [-0.15, -0.1) is 0 Å². The topological polar surface area (TPSA) is 196 Å². The van der Waals surface area contributed by atoms with Crippen molar-refractivity contribution in [3.8, 4) is 0 Å². The normalized spacial score (nSPS) is 17.6. The summed E-state index contributed by atoms with van der Waals surface area (Å²) < 4.78 is 31.6. The molecule has 0 saturated carbocycles. The Kier molecular flexibility index (Phi) is 15.1. The zero-order valence-electron chi connectivity index (χ0n) is 10.5. The van der Waals surface area contributed by atoms with Crippen LogP contribution in [0.25, 0.3) is 0 Å². The molecule has 18 heavy (non-hydrogen) atoms. The van der Waals surface area contributed by atoms with Crippen LogP contribution in [0.1, 0.15) is 1.43 Å². The second-order valence-corrected chi connectivity index (χ2v) is 3.82. The molecule has 0 aromatic heterocycles. The molecule has 0 aliphatic rings. The summed E-state index contributed by atoms with van der Waals surface area (Å²) in [5.41, 5.74) is 0. The van der Waals surface area contributed by atoms with E-state index in [2.05, 4.69) is 0 Å². The second kappa shape index (κ2) is 11.5. The molecule has 0 radical (unpaired) electrons. The fourth-order valence-corrected chi connectivity index (χ4v) is 0.671. The molecule has 0 fully saturated rings. The van der Waals surface area contributed by atoms with Crippen molar-refractivity contribution >= 4 is 10.4 Å². The van der Waals surface area contributed by atoms with Crippen molar-refractivity contribution in [2.45, 2.75) is 24.4 Å². The van der Waals surface area contributed by atoms with Crippen molar-refractivity contribution in [3.63, 3.8) is 0 Å². The van der Waals surface area contributed by atoms with Crippen LogP contribution < -0.4 is 29.6 Å². The predicted molar refractivity (Wildman–Crippen MR) is 53.5 cm³/mol. The van der Waals surface area contributed by atoms with Crippen molar-refractivity contribution < 1.29 is 79.1 Å². The van der Waals surface area contributed by atoms with Crippen molar-refractivity contribution in [2.24, 2.45) is 0 Å². The molecule has 0 amide bonds. The maximum Gasteiger partial charge on any atom is 1.00 e. The molecule has 0 unspecified atom stereocenters. The Morgan fingerprint density at radius 2 is 1.00 bits per heavy atom. The minimum absolute atomic E-state index is 0. The first-order valence-corrected chi connectivity index (χ1v) is 5.58. The third-order valence-corrected chi connectivity index (χ3v) is 1.51. The zero-order valence-corrected chi connectivity index (χ0v) is 12.3. The van der Waals surface area contributed by atoms with Crippen LogP contribution in [-0.2, 0) is 10.4 Å². The summed E-state index contributed by atoms with van der Waals surface area (Å²) in [6, 6.07) is 0. The summed E-state index contributed by atoms with van der Waals surface area (Å²) in [7, 11) is -4.67. The molecule has 108 valence electrons. The molecule has 0 spiro atoms. The molecule has 0 aromatic rings. The van der Waals surface area contributed by atoms with Crippen LogP contribution >= 0.6 is 0 Å². The third kappa shape index (κ3) is 14.7. The van der Waals surface area contributed by atoms with Crippen LogP contribution in [0.3, 0.4) is 0 Å². The van der Waals surface area contributed by atoms with Crippen molar-refractivity contribution in [1.29, 1.82) is 0 Å². The summed E-state index contributed by atoms with van der Waals surface area (Å²) >= 11 is 0. The largest absolute Gasteiger partial charge is 1.00 e. The van der Waals surface area contributed by atoms with Crippen LogP contribution in [0.15, 0.2) is 0 Å². The minimum Gasteiger partial charge on any atom is -1.00 e. The van der Waals surface area contributed by atoms with E-state index < -0.39 is 48.0 Å². The van der Waals surface area contributed by atoms with Gasteiger partial charge in [0.2, 0.25) is 0 Å². The molecule has 0 aromatic carbocycles. The Labute approximate surface area is 127 Å². The van der Waals surface area contributed by atoms with E-state index in [-0.39, 0.29) is 31.0 Å². The van der Waals surface area contributed by atoms with Gasteiger partial charge >= 0.3 is 40.0 Å². The van der Waals surface area contributed by atoms with Gasteiger partial charge in [-0.2, -0.15) is 8.42 Å². The molecule has 0 heterocycles. The maximum absolute atomic E-state index is 8.96. The van der Waals surface area contributed by atoms with E-state index in [0.29, 0.717) is 0 Å². The average molecular weight is 304 g/mol. The van der Waals surface area contributed by atoms with Crippen LogP contribution in [0, 0.1) is 0 Å². The first-order valence-electron chi connectivity index (χ1n) is 4.18. The third-order valence-electron chi connectivity index (χ3n) is 1.51. The summed E-state index contributed by atoms with van der Waals surface area (Å²) in [6.07, 6.45) is -6.39. The van der Waals surface area contributed by atoms with E-state index in [1.165, 1.54) is 0 Å². The Morgan fingerprint density at radius 3 is 1.11 bits per heavy atom. The van der Waals surface area contributed by atoms with Crippen LogP contribution in [0.5, 0.6) is 0 Å². The van der Waals surface area contributed by atoms with Gasteiger partial charge in [0.1, 0.15) is 24.4 Å². The van der Waals surface area contributed by atoms with Crippen LogP contribution in [0.4, 0.5) is 0 Å². The van der Waals surface area contributed by atoms with Gasteiger partial charge in [0, 0.05) is 0 Å². The molecule has 10 nitrogen and oxygen atoms in total. The van der Waals surface area contributed by atoms with E-state index in [9.17, 15) is 0 Å². The quantitative estimate of drug-likeness (QED) is 0.178. The molecular formula is C6H17NaO10S. The fraction of sp³-hybridized carbons (Fsp3) is 1.00. The van der Waals surface area contributed by atoms with Gasteiger partial charge in [-0.3, -0.25) is 9.11 Å². The van der Waals surface area contributed by atoms with E-state index in [0.717, 1.165) is 0 Å². The average Bonchev–Trinajstić information content (AvgIpc) is 2.22. The fourth-order valence-electron chi connectivity index (χ4n) is 0.671. The van der Waals surface area contributed by atoms with E-state index in [1.54, 1.807) is 0 Å². The van der Waals surface area contributed by atoms with Gasteiger partial charge < -0.3 is 32.1 Å².